The molecule has 0 aromatic heterocycles. The third-order valence-corrected chi connectivity index (χ3v) is 14.4. The molecule has 5 aliphatic carbocycles. The molecule has 3 N–H and O–H groups in total. The number of ether oxygens (including phenoxy) is 1. The van der Waals surface area contributed by atoms with Crippen molar-refractivity contribution in [2.24, 2.45) is 56.2 Å². The van der Waals surface area contributed by atoms with Gasteiger partial charge in [0.2, 0.25) is 5.91 Å². The molecule has 4 fully saturated rings. The largest absolute Gasteiger partial charge is 0.481 e. The summed E-state index contributed by atoms with van der Waals surface area (Å²) in [5.74, 6) is -1.82. The number of aliphatic hydroxyl groups excluding tert-OH is 1. The van der Waals surface area contributed by atoms with E-state index in [2.05, 4.69) is 46.9 Å². The number of methoxy groups -OCH3 is 1. The van der Waals surface area contributed by atoms with Crippen molar-refractivity contribution in [1.29, 1.82) is 0 Å². The van der Waals surface area contributed by atoms with E-state index >= 15 is 0 Å². The zero-order valence-corrected chi connectivity index (χ0v) is 27.5. The maximum Gasteiger partial charge on any atom is 0.330 e. The summed E-state index contributed by atoms with van der Waals surface area (Å²) in [6, 6.07) is -1.10. The van der Waals surface area contributed by atoms with Gasteiger partial charge in [-0.15, -0.1) is 0 Å². The number of carboxylic acids is 1. The lowest BCUT2D eigenvalue weighted by Gasteiger charge is -2.70. The van der Waals surface area contributed by atoms with E-state index in [0.29, 0.717) is 19.3 Å². The smallest absolute Gasteiger partial charge is 0.330 e. The van der Waals surface area contributed by atoms with Crippen molar-refractivity contribution in [2.75, 3.05) is 13.7 Å². The molecule has 0 spiro atoms. The van der Waals surface area contributed by atoms with Crippen LogP contribution in [0.4, 0.5) is 0 Å². The molecule has 5 rings (SSSR count). The maximum atomic E-state index is 14.5. The number of aliphatic hydroxyl groups is 1. The number of nitrogens with one attached hydrogen (secondary N) is 1. The van der Waals surface area contributed by atoms with Crippen molar-refractivity contribution in [3.05, 3.63) is 11.6 Å². The van der Waals surface area contributed by atoms with Crippen molar-refractivity contribution in [3.8, 4) is 0 Å². The second kappa shape index (κ2) is 10.1. The molecule has 240 valence electrons. The Bertz CT molecular complexity index is 1260. The Morgan fingerprint density at radius 2 is 1.63 bits per heavy atom. The van der Waals surface area contributed by atoms with Crippen molar-refractivity contribution in [3.63, 3.8) is 0 Å². The summed E-state index contributed by atoms with van der Waals surface area (Å²) >= 11 is 0. The van der Waals surface area contributed by atoms with Crippen LogP contribution in [0.25, 0.3) is 0 Å². The molecule has 8 heteroatoms. The summed E-state index contributed by atoms with van der Waals surface area (Å²) in [6.07, 6.45) is 9.21. The first-order chi connectivity index (χ1) is 19.8. The van der Waals surface area contributed by atoms with Crippen LogP contribution < -0.4 is 5.32 Å². The maximum absolute atomic E-state index is 14.5. The highest BCUT2D eigenvalue weighted by Gasteiger charge is 2.70. The van der Waals surface area contributed by atoms with Gasteiger partial charge in [-0.25, -0.2) is 4.79 Å². The molecule has 0 aromatic rings. The van der Waals surface area contributed by atoms with E-state index < -0.39 is 35.4 Å². The fraction of sp³-hybridized carbons (Fsp3) is 0.829. The van der Waals surface area contributed by atoms with Crippen LogP contribution in [0.15, 0.2) is 11.6 Å². The lowest BCUT2D eigenvalue weighted by molar-refractivity contribution is -0.195. The van der Waals surface area contributed by atoms with Crippen LogP contribution in [0.5, 0.6) is 0 Å². The van der Waals surface area contributed by atoms with Gasteiger partial charge in [-0.05, 0) is 110 Å². The van der Waals surface area contributed by atoms with Crippen LogP contribution in [0.3, 0.4) is 0 Å². The number of carbonyl (C=O) groups excluding carboxylic acids is 3. The number of fused-ring (bicyclic) bond motifs is 7. The number of amides is 1. The standard InChI is InChI=1S/C35H53NO7/c1-30(2)20(27(39)36-23(19-37)28(40)43-8)9-11-33(5)25(30)10-12-35(7)26(33)24(38)17-21-22-18-32(4,29(41)42)14-13-31(22,3)15-16-34(21,35)6/h17,20,22-23,25-26,37H,9-16,18-19H2,1-8H3,(H,36,39)(H,41,42)/t20-,22?,23+,25+,26-,31-,32+,33+,34-,35-/m1/s1. The third kappa shape index (κ3) is 4.39. The number of aliphatic carboxylic acids is 1. The highest BCUT2D eigenvalue weighted by molar-refractivity contribution is 5.96. The summed E-state index contributed by atoms with van der Waals surface area (Å²) in [5.41, 5.74) is -0.781. The Morgan fingerprint density at radius 1 is 0.977 bits per heavy atom. The molecule has 0 saturated heterocycles. The SMILES string of the molecule is COC(=O)[C@H](CO)NC(=O)[C@H]1CC[C@]2(C)[C@H]3C(=O)C=C4C5C[C@@](C)(C(=O)O)CC[C@]5(C)CC[C@@]4(C)[C@]3(C)CC[C@H]2C1(C)C. The monoisotopic (exact) mass is 599 g/mol. The van der Waals surface area contributed by atoms with Crippen LogP contribution in [0.2, 0.25) is 0 Å². The molecule has 0 aliphatic heterocycles. The fourth-order valence-electron chi connectivity index (χ4n) is 11.4. The zero-order valence-electron chi connectivity index (χ0n) is 27.5. The van der Waals surface area contributed by atoms with Crippen molar-refractivity contribution >= 4 is 23.6 Å². The lowest BCUT2D eigenvalue weighted by atomic mass is 9.33. The average Bonchev–Trinajstić information content (AvgIpc) is 2.92. The van der Waals surface area contributed by atoms with Gasteiger partial charge in [0.25, 0.3) is 0 Å². The summed E-state index contributed by atoms with van der Waals surface area (Å²) in [5, 5.41) is 22.6. The number of rotatable bonds is 5. The van der Waals surface area contributed by atoms with Gasteiger partial charge in [0.1, 0.15) is 0 Å². The summed E-state index contributed by atoms with van der Waals surface area (Å²) in [6.45, 7) is 14.9. The van der Waals surface area contributed by atoms with Crippen LogP contribution in [-0.4, -0.2) is 53.6 Å². The first kappa shape index (κ1) is 32.2. The number of ketones is 1. The summed E-state index contributed by atoms with van der Waals surface area (Å²) in [7, 11) is 1.24. The van der Waals surface area contributed by atoms with Gasteiger partial charge >= 0.3 is 11.9 Å². The minimum Gasteiger partial charge on any atom is -0.481 e. The molecule has 0 aromatic carbocycles. The van der Waals surface area contributed by atoms with Crippen molar-refractivity contribution in [2.45, 2.75) is 112 Å². The molecular formula is C35H53NO7. The van der Waals surface area contributed by atoms with E-state index in [1.807, 2.05) is 13.0 Å². The Hall–Kier alpha value is -2.22. The van der Waals surface area contributed by atoms with Gasteiger partial charge < -0.3 is 20.3 Å². The second-order valence-electron chi connectivity index (χ2n) is 16.7. The molecule has 8 nitrogen and oxygen atoms in total. The fourth-order valence-corrected chi connectivity index (χ4v) is 11.4. The van der Waals surface area contributed by atoms with Gasteiger partial charge in [0, 0.05) is 11.8 Å². The summed E-state index contributed by atoms with van der Waals surface area (Å²) < 4.78 is 4.76. The number of hydrogen-bond acceptors (Lipinski definition) is 6. The Morgan fingerprint density at radius 3 is 2.23 bits per heavy atom. The number of carbonyl (C=O) groups is 4. The highest BCUT2D eigenvalue weighted by atomic mass is 16.5. The topological polar surface area (TPSA) is 130 Å². The minimum absolute atomic E-state index is 0.00885. The van der Waals surface area contributed by atoms with Crippen LogP contribution in [0.1, 0.15) is 106 Å². The van der Waals surface area contributed by atoms with Gasteiger partial charge in [-0.3, -0.25) is 14.4 Å². The third-order valence-electron chi connectivity index (χ3n) is 14.4. The van der Waals surface area contributed by atoms with Crippen molar-refractivity contribution in [1.82, 2.24) is 5.32 Å². The molecule has 1 amide bonds. The van der Waals surface area contributed by atoms with E-state index in [1.54, 1.807) is 0 Å². The van der Waals surface area contributed by atoms with Gasteiger partial charge in [0.15, 0.2) is 11.8 Å². The lowest BCUT2D eigenvalue weighted by Crippen LogP contribution is -2.67. The molecule has 0 heterocycles. The van der Waals surface area contributed by atoms with E-state index in [4.69, 9.17) is 4.74 Å². The Kier molecular flexibility index (Phi) is 7.59. The normalized spacial score (nSPS) is 45.7. The molecule has 1 unspecified atom stereocenters. The van der Waals surface area contributed by atoms with Gasteiger partial charge in [-0.1, -0.05) is 47.1 Å². The van der Waals surface area contributed by atoms with Crippen LogP contribution >= 0.6 is 0 Å². The predicted octanol–water partition coefficient (Wildman–Crippen LogP) is 5.32. The van der Waals surface area contributed by atoms with Crippen molar-refractivity contribution < 1.29 is 34.1 Å². The molecule has 0 bridgehead atoms. The number of carboxylic acid groups (broad SMARTS) is 1. The molecule has 10 atom stereocenters. The van der Waals surface area contributed by atoms with E-state index in [0.717, 1.165) is 38.5 Å². The first-order valence-electron chi connectivity index (χ1n) is 16.3. The molecule has 43 heavy (non-hydrogen) atoms. The number of allylic oxidation sites excluding steroid dienone is 2. The Labute approximate surface area is 256 Å². The number of hydrogen-bond donors (Lipinski definition) is 3. The predicted molar refractivity (Wildman–Crippen MR) is 162 cm³/mol. The molecule has 4 saturated carbocycles. The molecular weight excluding hydrogens is 546 g/mol. The second-order valence-corrected chi connectivity index (χ2v) is 16.7. The van der Waals surface area contributed by atoms with E-state index in [-0.39, 0.29) is 57.0 Å². The molecule has 0 radical (unpaired) electrons. The number of esters is 1. The molecule has 5 aliphatic rings. The van der Waals surface area contributed by atoms with E-state index in [9.17, 15) is 29.4 Å². The quantitative estimate of drug-likeness (QED) is 0.365. The minimum atomic E-state index is -1.10. The van der Waals surface area contributed by atoms with Crippen LogP contribution in [0, 0.1) is 56.2 Å². The first-order valence-corrected chi connectivity index (χ1v) is 16.3. The zero-order chi connectivity index (χ0) is 32.0. The highest BCUT2D eigenvalue weighted by Crippen LogP contribution is 2.75. The average molecular weight is 600 g/mol. The van der Waals surface area contributed by atoms with Crippen LogP contribution in [-0.2, 0) is 23.9 Å². The Balaban J connectivity index is 1.50. The summed E-state index contributed by atoms with van der Waals surface area (Å²) in [4.78, 5) is 52.5. The van der Waals surface area contributed by atoms with Gasteiger partial charge in [0.05, 0.1) is 19.1 Å². The van der Waals surface area contributed by atoms with E-state index in [1.165, 1.54) is 12.7 Å². The van der Waals surface area contributed by atoms with Gasteiger partial charge in [-0.2, -0.15) is 0 Å².